The Bertz CT molecular complexity index is 1480. The van der Waals surface area contributed by atoms with E-state index < -0.39 is 39.7 Å². The lowest BCUT2D eigenvalue weighted by molar-refractivity contribution is -0.121. The molecule has 2 aliphatic heterocycles. The monoisotopic (exact) mass is 675 g/mol. The highest BCUT2D eigenvalue weighted by atomic mass is 32.2. The summed E-state index contributed by atoms with van der Waals surface area (Å²) in [5.74, 6) is -1.56. The van der Waals surface area contributed by atoms with Crippen LogP contribution in [-0.4, -0.2) is 81.4 Å². The van der Waals surface area contributed by atoms with Crippen LogP contribution in [0.1, 0.15) is 74.5 Å². The molecule has 0 aromatic heterocycles. The molecular weight excluding hydrogens is 628 g/mol. The van der Waals surface area contributed by atoms with Crippen molar-refractivity contribution in [2.75, 3.05) is 32.6 Å². The van der Waals surface area contributed by atoms with Gasteiger partial charge in [0.1, 0.15) is 11.6 Å². The first-order chi connectivity index (χ1) is 22.6. The van der Waals surface area contributed by atoms with Gasteiger partial charge < -0.3 is 20.1 Å². The minimum absolute atomic E-state index is 0.00606. The molecule has 258 valence electrons. The highest BCUT2D eigenvalue weighted by Crippen LogP contribution is 2.40. The third-order valence-electron chi connectivity index (χ3n) is 10.1. The summed E-state index contributed by atoms with van der Waals surface area (Å²) < 4.78 is 67.8. The van der Waals surface area contributed by atoms with Gasteiger partial charge in [-0.1, -0.05) is 24.3 Å². The zero-order valence-corrected chi connectivity index (χ0v) is 28.1. The van der Waals surface area contributed by atoms with Crippen molar-refractivity contribution in [1.82, 2.24) is 14.9 Å². The van der Waals surface area contributed by atoms with E-state index in [1.807, 2.05) is 6.92 Å². The maximum Gasteiger partial charge on any atom is 0.407 e. The number of piperazine rings is 1. The molecule has 1 unspecified atom stereocenters. The van der Waals surface area contributed by atoms with Gasteiger partial charge in [0.25, 0.3) is 0 Å². The summed E-state index contributed by atoms with van der Waals surface area (Å²) in [6, 6.07) is 9.42. The van der Waals surface area contributed by atoms with E-state index in [0.717, 1.165) is 37.7 Å². The van der Waals surface area contributed by atoms with Crippen molar-refractivity contribution in [3.63, 3.8) is 0 Å². The van der Waals surface area contributed by atoms with Crippen molar-refractivity contribution in [2.24, 2.45) is 5.92 Å². The van der Waals surface area contributed by atoms with E-state index >= 15 is 4.39 Å². The third kappa shape index (κ3) is 8.76. The SMILES string of the molecule is CCOC1CCC([C@H](c2ccc(F)cc2)[C@H](NC(=O)OC)C(=O)Cc2cccc(F)c2CC[C@H]2CN[C@@H]3CCCS(=O)(=O)N2C3)CC1. The van der Waals surface area contributed by atoms with Gasteiger partial charge in [0.2, 0.25) is 10.0 Å². The molecule has 3 fully saturated rings. The second-order valence-electron chi connectivity index (χ2n) is 13.0. The van der Waals surface area contributed by atoms with E-state index in [2.05, 4.69) is 10.6 Å². The van der Waals surface area contributed by atoms with Crippen molar-refractivity contribution in [3.8, 4) is 0 Å². The number of nitrogens with one attached hydrogen (secondary N) is 2. The number of nitrogens with zero attached hydrogens (tertiary/aromatic N) is 1. The number of ether oxygens (including phenoxy) is 2. The van der Waals surface area contributed by atoms with Crippen LogP contribution in [-0.2, 0) is 37.1 Å². The number of ketones is 1. The molecule has 1 saturated carbocycles. The summed E-state index contributed by atoms with van der Waals surface area (Å²) in [5.41, 5.74) is 1.58. The van der Waals surface area contributed by atoms with E-state index in [-0.39, 0.29) is 48.5 Å². The normalized spacial score (nSPS) is 26.9. The van der Waals surface area contributed by atoms with E-state index in [9.17, 15) is 22.4 Å². The molecule has 2 aromatic rings. The second-order valence-corrected chi connectivity index (χ2v) is 15.1. The standard InChI is InChI=1S/C35H47F2N3O6S/c1-3-46-29-16-11-24(12-17-29)33(23-9-13-26(36)14-10-23)34(39-35(42)45-2)32(41)20-25-6-4-8-31(37)30(25)18-15-28-21-38-27-7-5-19-47(43,44)40(28)22-27/h4,6,8-10,13-14,24,27-29,33-34,38H,3,5,7,11-12,15-22H2,1-2H3,(H,39,42)/t24?,27-,28+,29?,33+,34-/m1/s1. The van der Waals surface area contributed by atoms with E-state index in [1.54, 1.807) is 28.6 Å². The predicted octanol–water partition coefficient (Wildman–Crippen LogP) is 4.88. The van der Waals surface area contributed by atoms with Crippen LogP contribution in [0.25, 0.3) is 0 Å². The van der Waals surface area contributed by atoms with Crippen LogP contribution in [0.5, 0.6) is 0 Å². The molecule has 0 spiro atoms. The first-order valence-corrected chi connectivity index (χ1v) is 18.4. The van der Waals surface area contributed by atoms with Crippen molar-refractivity contribution in [3.05, 3.63) is 70.8 Å². The van der Waals surface area contributed by atoms with E-state index in [1.165, 1.54) is 25.3 Å². The first kappa shape index (κ1) is 35.4. The van der Waals surface area contributed by atoms with Gasteiger partial charge in [0, 0.05) is 44.1 Å². The van der Waals surface area contributed by atoms with Crippen molar-refractivity contribution < 1.29 is 36.3 Å². The number of amides is 1. The molecule has 2 bridgehead atoms. The number of hydrogen-bond donors (Lipinski definition) is 2. The Labute approximate surface area is 276 Å². The van der Waals surface area contributed by atoms with Crippen LogP contribution >= 0.6 is 0 Å². The lowest BCUT2D eigenvalue weighted by atomic mass is 9.71. The van der Waals surface area contributed by atoms with E-state index in [4.69, 9.17) is 9.47 Å². The quantitative estimate of drug-likeness (QED) is 0.330. The molecule has 2 heterocycles. The van der Waals surface area contributed by atoms with Crippen molar-refractivity contribution in [2.45, 2.75) is 94.9 Å². The molecule has 2 aromatic carbocycles. The highest BCUT2D eigenvalue weighted by molar-refractivity contribution is 7.89. The van der Waals surface area contributed by atoms with Gasteiger partial charge in [-0.2, -0.15) is 4.31 Å². The lowest BCUT2D eigenvalue weighted by Gasteiger charge is -2.38. The Morgan fingerprint density at radius 2 is 1.81 bits per heavy atom. The molecule has 0 radical (unpaired) electrons. The summed E-state index contributed by atoms with van der Waals surface area (Å²) in [5, 5.41) is 6.23. The van der Waals surface area contributed by atoms with E-state index in [0.29, 0.717) is 43.7 Å². The molecule has 3 aliphatic rings. The Hall–Kier alpha value is -2.93. The minimum Gasteiger partial charge on any atom is -0.453 e. The fourth-order valence-electron chi connectivity index (χ4n) is 7.73. The molecule has 5 rings (SSSR count). The summed E-state index contributed by atoms with van der Waals surface area (Å²) in [7, 11) is -2.17. The fourth-order valence-corrected chi connectivity index (χ4v) is 9.54. The molecule has 2 N–H and O–H groups in total. The number of methoxy groups -OCH3 is 1. The second kappa shape index (κ2) is 16.0. The third-order valence-corrected chi connectivity index (χ3v) is 12.1. The van der Waals surface area contributed by atoms with Gasteiger partial charge in [0.05, 0.1) is 25.0 Å². The van der Waals surface area contributed by atoms with Crippen molar-refractivity contribution in [1.29, 1.82) is 0 Å². The molecule has 5 atom stereocenters. The van der Waals surface area contributed by atoms with Gasteiger partial charge in [-0.3, -0.25) is 4.79 Å². The minimum atomic E-state index is -3.40. The number of carbonyl (C=O) groups is 2. The average Bonchev–Trinajstić information content (AvgIpc) is 3.17. The molecule has 12 heteroatoms. The molecule has 47 heavy (non-hydrogen) atoms. The highest BCUT2D eigenvalue weighted by Gasteiger charge is 2.40. The Morgan fingerprint density at radius 1 is 1.06 bits per heavy atom. The summed E-state index contributed by atoms with van der Waals surface area (Å²) in [6.45, 7) is 3.47. The van der Waals surface area contributed by atoms with Gasteiger partial charge in [-0.05, 0) is 99.1 Å². The van der Waals surface area contributed by atoms with Crippen LogP contribution in [0.4, 0.5) is 13.6 Å². The van der Waals surface area contributed by atoms with Crippen LogP contribution in [0.2, 0.25) is 0 Å². The Morgan fingerprint density at radius 3 is 2.51 bits per heavy atom. The number of Topliss-reactive ketones (excluding diaryl/α,β-unsaturated/α-hetero) is 1. The predicted molar refractivity (Wildman–Crippen MR) is 175 cm³/mol. The van der Waals surface area contributed by atoms with Gasteiger partial charge in [0.15, 0.2) is 5.78 Å². The number of hydrogen-bond acceptors (Lipinski definition) is 7. The maximum absolute atomic E-state index is 15.4. The summed E-state index contributed by atoms with van der Waals surface area (Å²) >= 11 is 0. The van der Waals surface area contributed by atoms with Crippen LogP contribution in [0.15, 0.2) is 42.5 Å². The van der Waals surface area contributed by atoms with Crippen LogP contribution in [0, 0.1) is 17.6 Å². The van der Waals surface area contributed by atoms with Crippen LogP contribution < -0.4 is 10.6 Å². The smallest absolute Gasteiger partial charge is 0.407 e. The lowest BCUT2D eigenvalue weighted by Crippen LogP contribution is -2.57. The van der Waals surface area contributed by atoms with Gasteiger partial charge in [-0.15, -0.1) is 0 Å². The number of fused-ring (bicyclic) bond motifs is 2. The van der Waals surface area contributed by atoms with Gasteiger partial charge >= 0.3 is 6.09 Å². The largest absolute Gasteiger partial charge is 0.453 e. The number of alkyl carbamates (subject to hydrolysis) is 1. The fraction of sp³-hybridized carbons (Fsp3) is 0.600. The molecule has 1 amide bonds. The zero-order chi connectivity index (χ0) is 33.6. The molecule has 1 aliphatic carbocycles. The molecule has 9 nitrogen and oxygen atoms in total. The summed E-state index contributed by atoms with van der Waals surface area (Å²) in [4.78, 5) is 27.0. The number of benzene rings is 2. The number of carbonyl (C=O) groups excluding carboxylic acids is 2. The summed E-state index contributed by atoms with van der Waals surface area (Å²) in [6.07, 6.45) is 4.35. The number of halogens is 2. The number of rotatable bonds is 12. The number of sulfonamides is 1. The Kier molecular flexibility index (Phi) is 12.0. The van der Waals surface area contributed by atoms with Crippen molar-refractivity contribution >= 4 is 21.9 Å². The van der Waals surface area contributed by atoms with Crippen LogP contribution in [0.3, 0.4) is 0 Å². The molecule has 2 saturated heterocycles. The Balaban J connectivity index is 1.40. The first-order valence-electron chi connectivity index (χ1n) is 16.8. The molecular formula is C35H47F2N3O6S. The average molecular weight is 676 g/mol. The topological polar surface area (TPSA) is 114 Å². The van der Waals surface area contributed by atoms with Gasteiger partial charge in [-0.25, -0.2) is 22.0 Å². The zero-order valence-electron chi connectivity index (χ0n) is 27.3. The maximum atomic E-state index is 15.4.